The maximum absolute atomic E-state index is 13.6. The lowest BCUT2D eigenvalue weighted by Crippen LogP contribution is -2.40. The number of rotatable bonds is 10. The smallest absolute Gasteiger partial charge is 0.392 e. The summed E-state index contributed by atoms with van der Waals surface area (Å²) in [6, 6.07) is 3.38. The second-order valence-corrected chi connectivity index (χ2v) is 10.4. The zero-order chi connectivity index (χ0) is 22.6. The molecule has 0 amide bonds. The summed E-state index contributed by atoms with van der Waals surface area (Å²) in [5.41, 5.74) is -0.0433. The van der Waals surface area contributed by atoms with Crippen LogP contribution in [-0.4, -0.2) is 28.5 Å². The summed E-state index contributed by atoms with van der Waals surface area (Å²) in [6.07, 6.45) is 6.16. The SMILES string of the molecule is CCC1(C(O)CC=C[C@H]2C(C(F)(F)F)CC[C@@H]2CCCc2ccc(C(=O)O)s2)CCC1. The topological polar surface area (TPSA) is 57.5 Å². The van der Waals surface area contributed by atoms with Crippen molar-refractivity contribution in [2.45, 2.75) is 83.4 Å². The van der Waals surface area contributed by atoms with E-state index in [1.54, 1.807) is 24.3 Å². The standard InChI is InChI=1S/C24H33F3O3S/c1-2-23(14-5-15-23)21(28)9-4-8-18-16(10-12-19(18)24(25,26)27)6-3-7-17-11-13-20(31-17)22(29)30/h4,8,11,13,16,18-19,21,28H,2-3,5-7,9-10,12,14-15H2,1H3,(H,29,30)/t16-,18+,19?,21?/m0/s1. The van der Waals surface area contributed by atoms with Crippen LogP contribution in [-0.2, 0) is 6.42 Å². The number of carboxylic acid groups (broad SMARTS) is 1. The fourth-order valence-electron chi connectivity index (χ4n) is 5.45. The summed E-state index contributed by atoms with van der Waals surface area (Å²) >= 11 is 1.24. The number of aliphatic hydroxyl groups excluding tert-OH is 1. The first-order chi connectivity index (χ1) is 14.7. The molecule has 1 aromatic rings. The van der Waals surface area contributed by atoms with Gasteiger partial charge in [0.15, 0.2) is 0 Å². The Labute approximate surface area is 186 Å². The van der Waals surface area contributed by atoms with Gasteiger partial charge in [-0.1, -0.05) is 25.5 Å². The van der Waals surface area contributed by atoms with E-state index >= 15 is 0 Å². The van der Waals surface area contributed by atoms with Crippen LogP contribution in [0.1, 0.15) is 79.3 Å². The maximum Gasteiger partial charge on any atom is 0.392 e. The second-order valence-electron chi connectivity index (χ2n) is 9.28. The Morgan fingerprint density at radius 3 is 2.61 bits per heavy atom. The fourth-order valence-corrected chi connectivity index (χ4v) is 6.34. The van der Waals surface area contributed by atoms with Crippen LogP contribution in [0, 0.1) is 23.2 Å². The number of allylic oxidation sites excluding steroid dienone is 1. The fraction of sp³-hybridized carbons (Fsp3) is 0.708. The van der Waals surface area contributed by atoms with Crippen molar-refractivity contribution in [1.29, 1.82) is 0 Å². The van der Waals surface area contributed by atoms with Gasteiger partial charge in [-0.25, -0.2) is 4.79 Å². The van der Waals surface area contributed by atoms with E-state index in [1.165, 1.54) is 11.3 Å². The Bertz CT molecular complexity index is 761. The number of hydrogen-bond acceptors (Lipinski definition) is 3. The molecule has 31 heavy (non-hydrogen) atoms. The quantitative estimate of drug-likeness (QED) is 0.377. The summed E-state index contributed by atoms with van der Waals surface area (Å²) in [5, 5.41) is 19.6. The highest BCUT2D eigenvalue weighted by Crippen LogP contribution is 2.50. The lowest BCUT2D eigenvalue weighted by molar-refractivity contribution is -0.181. The highest BCUT2D eigenvalue weighted by Gasteiger charge is 2.49. The molecule has 0 saturated heterocycles. The molecule has 2 unspecified atom stereocenters. The van der Waals surface area contributed by atoms with Gasteiger partial charge in [0.1, 0.15) is 4.88 Å². The van der Waals surface area contributed by atoms with E-state index in [0.29, 0.717) is 30.6 Å². The number of halogens is 3. The minimum atomic E-state index is -4.20. The Balaban J connectivity index is 1.58. The minimum absolute atomic E-state index is 0.0252. The number of aliphatic hydroxyl groups is 1. The van der Waals surface area contributed by atoms with E-state index in [4.69, 9.17) is 5.11 Å². The third-order valence-electron chi connectivity index (χ3n) is 7.63. The lowest BCUT2D eigenvalue weighted by Gasteiger charge is -2.45. The molecule has 4 atom stereocenters. The molecule has 7 heteroatoms. The molecular formula is C24H33F3O3S. The first-order valence-corrected chi connectivity index (χ1v) is 12.2. The van der Waals surface area contributed by atoms with Crippen LogP contribution in [0.2, 0.25) is 0 Å². The third kappa shape index (κ3) is 5.72. The molecule has 3 rings (SSSR count). The first kappa shape index (κ1) is 24.3. The molecule has 2 aliphatic carbocycles. The van der Waals surface area contributed by atoms with Gasteiger partial charge in [-0.15, -0.1) is 11.3 Å². The average molecular weight is 459 g/mol. The molecule has 2 N–H and O–H groups in total. The molecular weight excluding hydrogens is 425 g/mol. The zero-order valence-corrected chi connectivity index (χ0v) is 18.9. The van der Waals surface area contributed by atoms with Gasteiger partial charge in [0.2, 0.25) is 0 Å². The lowest BCUT2D eigenvalue weighted by atomic mass is 9.63. The predicted molar refractivity (Wildman–Crippen MR) is 116 cm³/mol. The monoisotopic (exact) mass is 458 g/mol. The maximum atomic E-state index is 13.6. The number of hydrogen-bond donors (Lipinski definition) is 2. The molecule has 0 spiro atoms. The van der Waals surface area contributed by atoms with Gasteiger partial charge >= 0.3 is 12.1 Å². The molecule has 0 aromatic carbocycles. The molecule has 0 bridgehead atoms. The average Bonchev–Trinajstić information content (AvgIpc) is 3.29. The van der Waals surface area contributed by atoms with Crippen LogP contribution in [0.3, 0.4) is 0 Å². The van der Waals surface area contributed by atoms with Gasteiger partial charge in [-0.3, -0.25) is 0 Å². The zero-order valence-electron chi connectivity index (χ0n) is 18.0. The molecule has 2 aliphatic rings. The Kier molecular flexibility index (Phi) is 7.90. The molecule has 2 fully saturated rings. The van der Waals surface area contributed by atoms with Crippen molar-refractivity contribution in [2.75, 3.05) is 0 Å². The van der Waals surface area contributed by atoms with Crippen LogP contribution in [0.5, 0.6) is 0 Å². The normalized spacial score (nSPS) is 26.8. The van der Waals surface area contributed by atoms with Crippen molar-refractivity contribution in [3.63, 3.8) is 0 Å². The van der Waals surface area contributed by atoms with Gasteiger partial charge in [0, 0.05) is 4.88 Å². The largest absolute Gasteiger partial charge is 0.477 e. The summed E-state index contributed by atoms with van der Waals surface area (Å²) in [5.74, 6) is -2.82. The van der Waals surface area contributed by atoms with Crippen molar-refractivity contribution in [3.05, 3.63) is 34.0 Å². The van der Waals surface area contributed by atoms with E-state index in [-0.39, 0.29) is 17.8 Å². The molecule has 0 aliphatic heterocycles. The molecule has 2 saturated carbocycles. The van der Waals surface area contributed by atoms with E-state index in [0.717, 1.165) is 37.0 Å². The highest BCUT2D eigenvalue weighted by molar-refractivity contribution is 7.13. The van der Waals surface area contributed by atoms with Gasteiger partial charge in [-0.05, 0) is 87.2 Å². The second kappa shape index (κ2) is 10.1. The van der Waals surface area contributed by atoms with E-state index in [9.17, 15) is 23.1 Å². The van der Waals surface area contributed by atoms with Crippen LogP contribution in [0.4, 0.5) is 13.2 Å². The Morgan fingerprint density at radius 1 is 1.32 bits per heavy atom. The highest BCUT2D eigenvalue weighted by atomic mass is 32.1. The van der Waals surface area contributed by atoms with Crippen LogP contribution in [0.15, 0.2) is 24.3 Å². The Morgan fingerprint density at radius 2 is 2.06 bits per heavy atom. The van der Waals surface area contributed by atoms with E-state index < -0.39 is 30.1 Å². The van der Waals surface area contributed by atoms with Gasteiger partial charge in [0.25, 0.3) is 0 Å². The number of aromatic carboxylic acids is 1. The van der Waals surface area contributed by atoms with Crippen LogP contribution < -0.4 is 0 Å². The first-order valence-electron chi connectivity index (χ1n) is 11.4. The molecule has 3 nitrogen and oxygen atoms in total. The summed E-state index contributed by atoms with van der Waals surface area (Å²) in [4.78, 5) is 12.3. The number of thiophene rings is 1. The molecule has 174 valence electrons. The summed E-state index contributed by atoms with van der Waals surface area (Å²) < 4.78 is 40.8. The van der Waals surface area contributed by atoms with E-state index in [1.807, 2.05) is 0 Å². The van der Waals surface area contributed by atoms with Crippen molar-refractivity contribution in [2.24, 2.45) is 23.2 Å². The van der Waals surface area contributed by atoms with Gasteiger partial charge < -0.3 is 10.2 Å². The number of carbonyl (C=O) groups is 1. The predicted octanol–water partition coefficient (Wildman–Crippen LogP) is 6.86. The molecule has 0 radical (unpaired) electrons. The van der Waals surface area contributed by atoms with E-state index in [2.05, 4.69) is 6.92 Å². The van der Waals surface area contributed by atoms with Gasteiger partial charge in [0.05, 0.1) is 12.0 Å². The number of carboxylic acids is 1. The van der Waals surface area contributed by atoms with Crippen LogP contribution in [0.25, 0.3) is 0 Å². The third-order valence-corrected chi connectivity index (χ3v) is 8.76. The van der Waals surface area contributed by atoms with Crippen molar-refractivity contribution in [3.8, 4) is 0 Å². The van der Waals surface area contributed by atoms with Crippen molar-refractivity contribution >= 4 is 17.3 Å². The number of alkyl halides is 3. The van der Waals surface area contributed by atoms with Crippen molar-refractivity contribution < 1.29 is 28.2 Å². The minimum Gasteiger partial charge on any atom is -0.477 e. The van der Waals surface area contributed by atoms with Crippen molar-refractivity contribution in [1.82, 2.24) is 0 Å². The molecule has 1 heterocycles. The van der Waals surface area contributed by atoms with Gasteiger partial charge in [-0.2, -0.15) is 13.2 Å². The molecule has 1 aromatic heterocycles. The number of aryl methyl sites for hydroxylation is 1. The van der Waals surface area contributed by atoms with Crippen LogP contribution >= 0.6 is 11.3 Å². The summed E-state index contributed by atoms with van der Waals surface area (Å²) in [7, 11) is 0. The summed E-state index contributed by atoms with van der Waals surface area (Å²) in [6.45, 7) is 2.08. The Hall–Kier alpha value is -1.34.